The number of halogens is 5. The molecule has 1 aromatic carbocycles. The predicted molar refractivity (Wildman–Crippen MR) is 124 cm³/mol. The van der Waals surface area contributed by atoms with Crippen LogP contribution in [0.1, 0.15) is 6.42 Å². The summed E-state index contributed by atoms with van der Waals surface area (Å²) < 4.78 is 62.7. The van der Waals surface area contributed by atoms with Gasteiger partial charge < -0.3 is 9.64 Å². The highest BCUT2D eigenvalue weighted by atomic mass is 35.5. The topological polar surface area (TPSA) is 82.2 Å². The fraction of sp³-hybridized carbons (Fsp3) is 0.217. The summed E-state index contributed by atoms with van der Waals surface area (Å²) in [7, 11) is 1.22. The number of aromatic nitrogens is 4. The third kappa shape index (κ3) is 3.96. The minimum absolute atomic E-state index is 0.0205. The summed E-state index contributed by atoms with van der Waals surface area (Å²) in [6.45, 7) is -0.638. The summed E-state index contributed by atoms with van der Waals surface area (Å²) in [6, 6.07) is 5.66. The standard InChI is InChI=1S/C23H16ClF4N5O3/c1-36-20-19-17(8-18(30-20)31-5-4-23(27,28)11-31)32(13-2-3-16(26)15(24)7-13)22(35)33(21(19)34)14-6-12(25)9-29-10-14/h2-3,6-10H,4-5,11H2,1H3. The van der Waals surface area contributed by atoms with E-state index in [1.54, 1.807) is 0 Å². The van der Waals surface area contributed by atoms with Crippen LogP contribution in [-0.2, 0) is 0 Å². The molecule has 1 aliphatic heterocycles. The Kier molecular flexibility index (Phi) is 5.70. The molecule has 4 heterocycles. The van der Waals surface area contributed by atoms with Crippen molar-refractivity contribution in [3.8, 4) is 17.3 Å². The van der Waals surface area contributed by atoms with Crippen molar-refractivity contribution in [3.05, 3.63) is 80.2 Å². The Labute approximate surface area is 205 Å². The van der Waals surface area contributed by atoms with Crippen LogP contribution in [0.5, 0.6) is 5.88 Å². The molecule has 1 fully saturated rings. The van der Waals surface area contributed by atoms with Gasteiger partial charge in [-0.05, 0) is 18.2 Å². The van der Waals surface area contributed by atoms with Gasteiger partial charge in [0, 0.05) is 25.1 Å². The van der Waals surface area contributed by atoms with E-state index in [0.717, 1.165) is 35.2 Å². The van der Waals surface area contributed by atoms with Gasteiger partial charge in [-0.2, -0.15) is 4.98 Å². The van der Waals surface area contributed by atoms with Gasteiger partial charge >= 0.3 is 5.69 Å². The van der Waals surface area contributed by atoms with Crippen molar-refractivity contribution < 1.29 is 22.3 Å². The molecule has 8 nitrogen and oxygen atoms in total. The van der Waals surface area contributed by atoms with E-state index < -0.39 is 41.8 Å². The number of anilines is 1. The average molecular weight is 522 g/mol. The Morgan fingerprint density at radius 1 is 1.06 bits per heavy atom. The molecule has 0 bridgehead atoms. The summed E-state index contributed by atoms with van der Waals surface area (Å²) >= 11 is 5.95. The van der Waals surface area contributed by atoms with Gasteiger partial charge in [-0.15, -0.1) is 0 Å². The number of methoxy groups -OCH3 is 1. The first-order valence-corrected chi connectivity index (χ1v) is 10.9. The van der Waals surface area contributed by atoms with Crippen LogP contribution in [0.25, 0.3) is 22.3 Å². The van der Waals surface area contributed by atoms with Crippen LogP contribution in [0.15, 0.2) is 52.3 Å². The minimum atomic E-state index is -2.94. The van der Waals surface area contributed by atoms with Crippen LogP contribution in [0.4, 0.5) is 23.4 Å². The fourth-order valence-electron chi connectivity index (χ4n) is 4.14. The number of nitrogens with zero attached hydrogens (tertiary/aromatic N) is 5. The first-order chi connectivity index (χ1) is 17.1. The zero-order valence-electron chi connectivity index (χ0n) is 18.5. The Bertz CT molecular complexity index is 1640. The third-order valence-electron chi connectivity index (χ3n) is 5.79. The molecule has 3 aromatic heterocycles. The van der Waals surface area contributed by atoms with Crippen molar-refractivity contribution >= 4 is 28.3 Å². The molecule has 4 aromatic rings. The largest absolute Gasteiger partial charge is 0.480 e. The highest BCUT2D eigenvalue weighted by Crippen LogP contribution is 2.33. The van der Waals surface area contributed by atoms with Crippen LogP contribution in [0.3, 0.4) is 0 Å². The molecule has 1 aliphatic rings. The smallest absolute Gasteiger partial charge is 0.340 e. The Morgan fingerprint density at radius 3 is 2.47 bits per heavy atom. The van der Waals surface area contributed by atoms with Crippen LogP contribution in [0, 0.1) is 11.6 Å². The van der Waals surface area contributed by atoms with Crippen molar-refractivity contribution in [3.63, 3.8) is 0 Å². The van der Waals surface area contributed by atoms with Gasteiger partial charge in [0.25, 0.3) is 11.5 Å². The average Bonchev–Trinajstić information content (AvgIpc) is 3.20. The lowest BCUT2D eigenvalue weighted by atomic mass is 10.2. The molecule has 0 atom stereocenters. The second-order valence-corrected chi connectivity index (χ2v) is 8.54. The van der Waals surface area contributed by atoms with Crippen molar-refractivity contribution in [2.24, 2.45) is 0 Å². The molecule has 186 valence electrons. The lowest BCUT2D eigenvalue weighted by Crippen LogP contribution is -2.39. The lowest BCUT2D eigenvalue weighted by molar-refractivity contribution is 0.0256. The number of pyridine rings is 2. The molecule has 13 heteroatoms. The molecular weight excluding hydrogens is 506 g/mol. The van der Waals surface area contributed by atoms with Crippen LogP contribution >= 0.6 is 11.6 Å². The number of ether oxygens (including phenoxy) is 1. The molecule has 0 radical (unpaired) electrons. The van der Waals surface area contributed by atoms with Crippen LogP contribution in [-0.4, -0.2) is 45.2 Å². The number of hydrogen-bond donors (Lipinski definition) is 0. The van der Waals surface area contributed by atoms with Gasteiger partial charge in [0.05, 0.1) is 48.0 Å². The van der Waals surface area contributed by atoms with Crippen molar-refractivity contribution in [2.45, 2.75) is 12.3 Å². The number of fused-ring (bicyclic) bond motifs is 1. The molecule has 36 heavy (non-hydrogen) atoms. The van der Waals surface area contributed by atoms with Crippen molar-refractivity contribution in [1.82, 2.24) is 19.1 Å². The number of rotatable bonds is 4. The van der Waals surface area contributed by atoms with E-state index in [2.05, 4.69) is 9.97 Å². The first kappa shape index (κ1) is 23.8. The maximum absolute atomic E-state index is 13.9. The van der Waals surface area contributed by atoms with Gasteiger partial charge in [0.1, 0.15) is 22.8 Å². The van der Waals surface area contributed by atoms with Gasteiger partial charge in [-0.25, -0.2) is 26.9 Å². The Balaban J connectivity index is 1.91. The van der Waals surface area contributed by atoms with Gasteiger partial charge in [0.2, 0.25) is 5.88 Å². The van der Waals surface area contributed by atoms with E-state index in [1.807, 2.05) is 0 Å². The van der Waals surface area contributed by atoms with Crippen molar-refractivity contribution in [2.75, 3.05) is 25.1 Å². The fourth-order valence-corrected chi connectivity index (χ4v) is 4.32. The van der Waals surface area contributed by atoms with Crippen LogP contribution < -0.4 is 20.9 Å². The summed E-state index contributed by atoms with van der Waals surface area (Å²) in [4.78, 5) is 36.5. The van der Waals surface area contributed by atoms with E-state index in [9.17, 15) is 27.2 Å². The Morgan fingerprint density at radius 2 is 1.83 bits per heavy atom. The molecule has 1 saturated heterocycles. The van der Waals surface area contributed by atoms with Crippen LogP contribution in [0.2, 0.25) is 5.02 Å². The van der Waals surface area contributed by atoms with E-state index in [0.29, 0.717) is 4.57 Å². The summed E-state index contributed by atoms with van der Waals surface area (Å²) in [6.07, 6.45) is 1.61. The normalized spacial score (nSPS) is 15.0. The lowest BCUT2D eigenvalue weighted by Gasteiger charge is -2.21. The summed E-state index contributed by atoms with van der Waals surface area (Å²) in [5.41, 5.74) is -2.05. The number of alkyl halides is 2. The molecule has 0 aliphatic carbocycles. The predicted octanol–water partition coefficient (Wildman–Crippen LogP) is 3.72. The quantitative estimate of drug-likeness (QED) is 0.381. The number of hydrogen-bond acceptors (Lipinski definition) is 6. The number of benzene rings is 1. The molecule has 0 amide bonds. The van der Waals surface area contributed by atoms with Gasteiger partial charge in [-0.1, -0.05) is 11.6 Å². The minimum Gasteiger partial charge on any atom is -0.480 e. The van der Waals surface area contributed by atoms with E-state index in [-0.39, 0.29) is 45.5 Å². The zero-order valence-corrected chi connectivity index (χ0v) is 19.3. The summed E-state index contributed by atoms with van der Waals surface area (Å²) in [5.74, 6) is -4.70. The molecule has 0 unspecified atom stereocenters. The van der Waals surface area contributed by atoms with E-state index >= 15 is 0 Å². The van der Waals surface area contributed by atoms with Crippen molar-refractivity contribution in [1.29, 1.82) is 0 Å². The highest BCUT2D eigenvalue weighted by Gasteiger charge is 2.39. The van der Waals surface area contributed by atoms with E-state index in [1.165, 1.54) is 24.1 Å². The third-order valence-corrected chi connectivity index (χ3v) is 6.08. The molecular formula is C23H16ClF4N5O3. The second kappa shape index (κ2) is 8.63. The zero-order chi connectivity index (χ0) is 25.8. The maximum Gasteiger partial charge on any atom is 0.340 e. The van der Waals surface area contributed by atoms with E-state index in [4.69, 9.17) is 16.3 Å². The first-order valence-electron chi connectivity index (χ1n) is 10.6. The molecule has 0 saturated carbocycles. The van der Waals surface area contributed by atoms with Gasteiger partial charge in [-0.3, -0.25) is 14.3 Å². The highest BCUT2D eigenvalue weighted by molar-refractivity contribution is 6.30. The molecule has 0 spiro atoms. The Hall–Kier alpha value is -3.93. The molecule has 5 rings (SSSR count). The maximum atomic E-state index is 13.9. The molecule has 0 N–H and O–H groups in total. The SMILES string of the molecule is COc1nc(N2CCC(F)(F)C2)cc2c1c(=O)n(-c1cncc(F)c1)c(=O)n2-c1ccc(F)c(Cl)c1. The second-order valence-electron chi connectivity index (χ2n) is 8.13. The summed E-state index contributed by atoms with van der Waals surface area (Å²) in [5, 5.41) is -0.505. The van der Waals surface area contributed by atoms with Gasteiger partial charge in [0.15, 0.2) is 0 Å². The monoisotopic (exact) mass is 521 g/mol.